The van der Waals surface area contributed by atoms with Crippen LogP contribution in [0, 0.1) is 11.3 Å². The molecule has 0 saturated heterocycles. The third-order valence-corrected chi connectivity index (χ3v) is 4.44. The minimum atomic E-state index is -0.307. The Morgan fingerprint density at radius 1 is 1.28 bits per heavy atom. The van der Waals surface area contributed by atoms with Gasteiger partial charge in [-0.3, -0.25) is 0 Å². The topological polar surface area (TPSA) is 78.2 Å². The molecule has 2 aromatic rings. The molecule has 1 aromatic heterocycles. The number of aromatic nitrogens is 1. The van der Waals surface area contributed by atoms with E-state index in [1.165, 1.54) is 5.56 Å². The number of nitriles is 1. The number of aliphatic hydroxyl groups is 1. The molecule has 5 heteroatoms. The van der Waals surface area contributed by atoms with Crippen LogP contribution in [0.2, 0.25) is 0 Å². The van der Waals surface area contributed by atoms with Crippen LogP contribution in [-0.4, -0.2) is 28.8 Å². The van der Waals surface area contributed by atoms with Gasteiger partial charge in [-0.2, -0.15) is 5.26 Å². The van der Waals surface area contributed by atoms with Crippen molar-refractivity contribution in [3.05, 3.63) is 58.3 Å². The van der Waals surface area contributed by atoms with Crippen molar-refractivity contribution in [2.24, 2.45) is 0 Å². The Morgan fingerprint density at radius 3 is 2.72 bits per heavy atom. The van der Waals surface area contributed by atoms with E-state index in [1.807, 2.05) is 32.0 Å². The monoisotopic (exact) mass is 337 g/mol. The number of ether oxygens (including phenoxy) is 1. The van der Waals surface area contributed by atoms with E-state index in [0.29, 0.717) is 37.4 Å². The Hall–Kier alpha value is -2.42. The highest BCUT2D eigenvalue weighted by Gasteiger charge is 2.31. The summed E-state index contributed by atoms with van der Waals surface area (Å²) in [6.45, 7) is 4.90. The number of benzene rings is 1. The molecule has 1 aliphatic heterocycles. The molecule has 0 aliphatic carbocycles. The highest BCUT2D eigenvalue weighted by atomic mass is 16.5. The first kappa shape index (κ1) is 17.4. The van der Waals surface area contributed by atoms with Gasteiger partial charge in [-0.15, -0.1) is 0 Å². The first-order chi connectivity index (χ1) is 12.0. The standard InChI is InChI=1S/C20H23N3O2/c1-20(2)11-15-16(12-21)19(22-8-9-24)23-18(17(15)13-25-20)10-14-6-4-3-5-7-14/h3-7,24H,8-11,13H2,1-2H3,(H,22,23). The Balaban J connectivity index is 2.09. The van der Waals surface area contributed by atoms with Gasteiger partial charge in [0.2, 0.25) is 0 Å². The number of hydrogen-bond donors (Lipinski definition) is 2. The number of nitrogens with one attached hydrogen (secondary N) is 1. The summed E-state index contributed by atoms with van der Waals surface area (Å²) in [5.41, 5.74) is 4.39. The SMILES string of the molecule is CC1(C)Cc2c(C#N)c(NCCO)nc(Cc3ccccc3)c2CO1. The zero-order valence-corrected chi connectivity index (χ0v) is 14.7. The van der Waals surface area contributed by atoms with Gasteiger partial charge in [0.15, 0.2) is 0 Å². The predicted molar refractivity (Wildman–Crippen MR) is 96.3 cm³/mol. The lowest BCUT2D eigenvalue weighted by Crippen LogP contribution is -2.33. The van der Waals surface area contributed by atoms with Crippen molar-refractivity contribution >= 4 is 5.82 Å². The largest absolute Gasteiger partial charge is 0.395 e. The number of fused-ring (bicyclic) bond motifs is 1. The Labute approximate surface area is 148 Å². The molecule has 1 aliphatic rings. The Bertz CT molecular complexity index is 795. The van der Waals surface area contributed by atoms with E-state index < -0.39 is 0 Å². The second kappa shape index (κ2) is 7.22. The minimum absolute atomic E-state index is 0.00768. The van der Waals surface area contributed by atoms with E-state index in [2.05, 4.69) is 23.5 Å². The number of aliphatic hydroxyl groups excluding tert-OH is 1. The van der Waals surface area contributed by atoms with Crippen molar-refractivity contribution in [1.29, 1.82) is 5.26 Å². The predicted octanol–water partition coefficient (Wildman–Crippen LogP) is 2.80. The molecule has 130 valence electrons. The minimum Gasteiger partial charge on any atom is -0.395 e. The molecule has 5 nitrogen and oxygen atoms in total. The van der Waals surface area contributed by atoms with Crippen LogP contribution in [-0.2, 0) is 24.2 Å². The van der Waals surface area contributed by atoms with Crippen molar-refractivity contribution in [2.45, 2.75) is 38.9 Å². The van der Waals surface area contributed by atoms with E-state index in [4.69, 9.17) is 14.8 Å². The summed E-state index contributed by atoms with van der Waals surface area (Å²) in [5, 5.41) is 21.9. The average molecular weight is 337 g/mol. The molecule has 0 bridgehead atoms. The zero-order chi connectivity index (χ0) is 17.9. The van der Waals surface area contributed by atoms with E-state index >= 15 is 0 Å². The lowest BCUT2D eigenvalue weighted by molar-refractivity contribution is -0.0406. The van der Waals surface area contributed by atoms with Gasteiger partial charge in [0, 0.05) is 24.9 Å². The molecule has 0 unspecified atom stereocenters. The van der Waals surface area contributed by atoms with Crippen LogP contribution >= 0.6 is 0 Å². The van der Waals surface area contributed by atoms with Gasteiger partial charge < -0.3 is 15.2 Å². The van der Waals surface area contributed by atoms with Gasteiger partial charge in [0.05, 0.1) is 30.1 Å². The molecule has 3 rings (SSSR count). The van der Waals surface area contributed by atoms with E-state index in [9.17, 15) is 5.26 Å². The highest BCUT2D eigenvalue weighted by Crippen LogP contribution is 2.34. The molecule has 0 atom stereocenters. The van der Waals surface area contributed by atoms with Crippen LogP contribution in [0.4, 0.5) is 5.82 Å². The van der Waals surface area contributed by atoms with Crippen LogP contribution in [0.5, 0.6) is 0 Å². The van der Waals surface area contributed by atoms with Gasteiger partial charge in [-0.25, -0.2) is 4.98 Å². The van der Waals surface area contributed by atoms with Crippen LogP contribution in [0.1, 0.15) is 41.8 Å². The summed E-state index contributed by atoms with van der Waals surface area (Å²) >= 11 is 0. The second-order valence-electron chi connectivity index (χ2n) is 6.89. The molecule has 0 fully saturated rings. The molecule has 0 radical (unpaired) electrons. The number of hydrogen-bond acceptors (Lipinski definition) is 5. The maximum atomic E-state index is 9.69. The van der Waals surface area contributed by atoms with Gasteiger partial charge >= 0.3 is 0 Å². The lowest BCUT2D eigenvalue weighted by atomic mass is 9.87. The number of rotatable bonds is 5. The number of anilines is 1. The Morgan fingerprint density at radius 2 is 2.04 bits per heavy atom. The fraction of sp³-hybridized carbons (Fsp3) is 0.400. The molecular weight excluding hydrogens is 314 g/mol. The number of pyridine rings is 1. The van der Waals surface area contributed by atoms with Crippen LogP contribution in [0.3, 0.4) is 0 Å². The van der Waals surface area contributed by atoms with Gasteiger partial charge in [0.25, 0.3) is 0 Å². The fourth-order valence-corrected chi connectivity index (χ4v) is 3.19. The molecule has 2 heterocycles. The first-order valence-corrected chi connectivity index (χ1v) is 8.51. The molecule has 1 aromatic carbocycles. The third kappa shape index (κ3) is 3.81. The highest BCUT2D eigenvalue weighted by molar-refractivity contribution is 5.60. The third-order valence-electron chi connectivity index (χ3n) is 4.44. The number of nitrogens with zero attached hydrogens (tertiary/aromatic N) is 2. The molecule has 0 amide bonds. The summed E-state index contributed by atoms with van der Waals surface area (Å²) in [5.74, 6) is 0.555. The normalized spacial score (nSPS) is 15.3. The summed E-state index contributed by atoms with van der Waals surface area (Å²) in [4.78, 5) is 4.71. The van der Waals surface area contributed by atoms with Gasteiger partial charge in [0.1, 0.15) is 11.9 Å². The zero-order valence-electron chi connectivity index (χ0n) is 14.7. The van der Waals surface area contributed by atoms with Gasteiger partial charge in [-0.1, -0.05) is 30.3 Å². The summed E-state index contributed by atoms with van der Waals surface area (Å²) in [6.07, 6.45) is 1.36. The maximum Gasteiger partial charge on any atom is 0.144 e. The van der Waals surface area contributed by atoms with Crippen molar-refractivity contribution < 1.29 is 9.84 Å². The summed E-state index contributed by atoms with van der Waals surface area (Å²) in [7, 11) is 0. The van der Waals surface area contributed by atoms with Crippen molar-refractivity contribution in [3.63, 3.8) is 0 Å². The van der Waals surface area contributed by atoms with E-state index in [-0.39, 0.29) is 12.2 Å². The lowest BCUT2D eigenvalue weighted by Gasteiger charge is -2.33. The van der Waals surface area contributed by atoms with Crippen LogP contribution < -0.4 is 5.32 Å². The van der Waals surface area contributed by atoms with Crippen LogP contribution in [0.15, 0.2) is 30.3 Å². The van der Waals surface area contributed by atoms with Crippen molar-refractivity contribution in [3.8, 4) is 6.07 Å². The summed E-state index contributed by atoms with van der Waals surface area (Å²) in [6, 6.07) is 12.5. The second-order valence-corrected chi connectivity index (χ2v) is 6.89. The first-order valence-electron chi connectivity index (χ1n) is 8.51. The fourth-order valence-electron chi connectivity index (χ4n) is 3.19. The van der Waals surface area contributed by atoms with Crippen molar-refractivity contribution in [1.82, 2.24) is 4.98 Å². The van der Waals surface area contributed by atoms with Gasteiger partial charge in [-0.05, 0) is 25.0 Å². The van der Waals surface area contributed by atoms with Crippen LogP contribution in [0.25, 0.3) is 0 Å². The maximum absolute atomic E-state index is 9.69. The van der Waals surface area contributed by atoms with Crippen molar-refractivity contribution in [2.75, 3.05) is 18.5 Å². The average Bonchev–Trinajstić information content (AvgIpc) is 2.59. The van der Waals surface area contributed by atoms with E-state index in [0.717, 1.165) is 16.8 Å². The Kier molecular flexibility index (Phi) is 5.03. The summed E-state index contributed by atoms with van der Waals surface area (Å²) < 4.78 is 5.98. The molecule has 0 saturated carbocycles. The molecule has 25 heavy (non-hydrogen) atoms. The molecule has 0 spiro atoms. The molecular formula is C20H23N3O2. The smallest absolute Gasteiger partial charge is 0.144 e. The quantitative estimate of drug-likeness (QED) is 0.877. The van der Waals surface area contributed by atoms with E-state index in [1.54, 1.807) is 0 Å². The molecule has 2 N–H and O–H groups in total.